The summed E-state index contributed by atoms with van der Waals surface area (Å²) in [5.41, 5.74) is 1.07. The van der Waals surface area contributed by atoms with E-state index < -0.39 is 6.23 Å². The molecule has 3 aromatic rings. The number of hydrogen-bond acceptors (Lipinski definition) is 5. The van der Waals surface area contributed by atoms with E-state index >= 15 is 0 Å². The molecule has 176 valence electrons. The molecule has 0 spiro atoms. The first-order valence-corrected chi connectivity index (χ1v) is 12.1. The standard InChI is InChI=1S/C25H32ClN5O2/c1-3-24-27-30(25(32)31(24)20(2)33-23-11-5-4-6-12-23)14-8-13-28-15-17-29(18-16-28)22-10-7-9-21(26)19-22/h4-7,9-12,19-20H,3,8,13-18H2,1-2H3. The molecule has 8 heteroatoms. The van der Waals surface area contributed by atoms with Gasteiger partial charge in [-0.2, -0.15) is 5.10 Å². The van der Waals surface area contributed by atoms with Crippen molar-refractivity contribution in [1.29, 1.82) is 0 Å². The van der Waals surface area contributed by atoms with E-state index in [0.717, 1.165) is 55.7 Å². The zero-order valence-electron chi connectivity index (χ0n) is 19.4. The second-order valence-electron chi connectivity index (χ2n) is 8.34. The SMILES string of the molecule is CCc1nn(CCCN2CCN(c3cccc(Cl)c3)CC2)c(=O)n1C(C)Oc1ccccc1. The summed E-state index contributed by atoms with van der Waals surface area (Å²) >= 11 is 6.14. The summed E-state index contributed by atoms with van der Waals surface area (Å²) in [5.74, 6) is 1.49. The maximum atomic E-state index is 13.0. The molecule has 1 atom stereocenters. The second kappa shape index (κ2) is 10.9. The van der Waals surface area contributed by atoms with Crippen molar-refractivity contribution in [3.05, 3.63) is 75.9 Å². The quantitative estimate of drug-likeness (QED) is 0.473. The molecule has 0 radical (unpaired) electrons. The first-order chi connectivity index (χ1) is 16.0. The van der Waals surface area contributed by atoms with Gasteiger partial charge in [-0.05, 0) is 43.7 Å². The minimum absolute atomic E-state index is 0.110. The van der Waals surface area contributed by atoms with Crippen LogP contribution in [0.3, 0.4) is 0 Å². The van der Waals surface area contributed by atoms with Gasteiger partial charge < -0.3 is 9.64 Å². The number of rotatable bonds is 9. The highest BCUT2D eigenvalue weighted by molar-refractivity contribution is 6.30. The number of aryl methyl sites for hydroxylation is 2. The molecule has 0 saturated carbocycles. The third-order valence-electron chi connectivity index (χ3n) is 6.06. The van der Waals surface area contributed by atoms with Crippen LogP contribution in [0.4, 0.5) is 5.69 Å². The summed E-state index contributed by atoms with van der Waals surface area (Å²) in [6.07, 6.45) is 1.14. The fourth-order valence-corrected chi connectivity index (χ4v) is 4.50. The Morgan fingerprint density at radius 1 is 1.03 bits per heavy atom. The third-order valence-corrected chi connectivity index (χ3v) is 6.30. The van der Waals surface area contributed by atoms with Crippen LogP contribution < -0.4 is 15.3 Å². The summed E-state index contributed by atoms with van der Waals surface area (Å²) in [6, 6.07) is 17.6. The molecule has 1 aromatic heterocycles. The van der Waals surface area contributed by atoms with Gasteiger partial charge in [-0.15, -0.1) is 0 Å². The lowest BCUT2D eigenvalue weighted by Crippen LogP contribution is -2.46. The molecule has 0 bridgehead atoms. The molecule has 1 aliphatic rings. The van der Waals surface area contributed by atoms with Crippen LogP contribution in [0.1, 0.15) is 32.3 Å². The number of benzene rings is 2. The Kier molecular flexibility index (Phi) is 7.73. The van der Waals surface area contributed by atoms with Crippen LogP contribution in [0.2, 0.25) is 5.02 Å². The van der Waals surface area contributed by atoms with E-state index in [0.29, 0.717) is 13.0 Å². The molecule has 0 amide bonds. The van der Waals surface area contributed by atoms with Crippen molar-refractivity contribution in [3.63, 3.8) is 0 Å². The molecule has 0 N–H and O–H groups in total. The third kappa shape index (κ3) is 5.78. The Morgan fingerprint density at radius 3 is 2.48 bits per heavy atom. The van der Waals surface area contributed by atoms with E-state index in [1.807, 2.05) is 62.4 Å². The van der Waals surface area contributed by atoms with E-state index in [2.05, 4.69) is 21.0 Å². The average Bonchev–Trinajstić information content (AvgIpc) is 3.15. The van der Waals surface area contributed by atoms with Crippen molar-refractivity contribution in [2.45, 2.75) is 39.5 Å². The van der Waals surface area contributed by atoms with Crippen molar-refractivity contribution in [1.82, 2.24) is 19.2 Å². The number of hydrogen-bond donors (Lipinski definition) is 0. The smallest absolute Gasteiger partial charge is 0.348 e. The van der Waals surface area contributed by atoms with Crippen LogP contribution in [0.5, 0.6) is 5.75 Å². The molecule has 0 aliphatic carbocycles. The van der Waals surface area contributed by atoms with Gasteiger partial charge in [0.15, 0.2) is 6.23 Å². The Hall–Kier alpha value is -2.77. The minimum atomic E-state index is -0.414. The van der Waals surface area contributed by atoms with Crippen molar-refractivity contribution in [3.8, 4) is 5.75 Å². The average molecular weight is 470 g/mol. The second-order valence-corrected chi connectivity index (χ2v) is 8.77. The monoisotopic (exact) mass is 469 g/mol. The van der Waals surface area contributed by atoms with Crippen LogP contribution in [-0.2, 0) is 13.0 Å². The number of anilines is 1. The van der Waals surface area contributed by atoms with E-state index in [-0.39, 0.29) is 5.69 Å². The number of nitrogens with zero attached hydrogens (tertiary/aromatic N) is 5. The summed E-state index contributed by atoms with van der Waals surface area (Å²) in [4.78, 5) is 17.9. The summed E-state index contributed by atoms with van der Waals surface area (Å²) in [6.45, 7) is 9.39. The topological polar surface area (TPSA) is 55.5 Å². The van der Waals surface area contributed by atoms with E-state index in [9.17, 15) is 4.79 Å². The van der Waals surface area contributed by atoms with E-state index in [1.54, 1.807) is 9.25 Å². The number of piperazine rings is 1. The number of aromatic nitrogens is 3. The Balaban J connectivity index is 1.30. The highest BCUT2D eigenvalue weighted by Gasteiger charge is 2.20. The van der Waals surface area contributed by atoms with Crippen LogP contribution in [0.25, 0.3) is 0 Å². The molecule has 1 fully saturated rings. The van der Waals surface area contributed by atoms with Crippen LogP contribution in [0.15, 0.2) is 59.4 Å². The maximum Gasteiger partial charge on any atom is 0.348 e. The lowest BCUT2D eigenvalue weighted by Gasteiger charge is -2.36. The van der Waals surface area contributed by atoms with Crippen LogP contribution in [-0.4, -0.2) is 52.0 Å². The Labute approximate surface area is 200 Å². The normalized spacial score (nSPS) is 15.5. The van der Waals surface area contributed by atoms with Crippen molar-refractivity contribution in [2.75, 3.05) is 37.6 Å². The van der Waals surface area contributed by atoms with Gasteiger partial charge in [0.1, 0.15) is 11.6 Å². The molecule has 1 unspecified atom stereocenters. The predicted molar refractivity (Wildman–Crippen MR) is 132 cm³/mol. The Bertz CT molecular complexity index is 1090. The molecule has 33 heavy (non-hydrogen) atoms. The van der Waals surface area contributed by atoms with Crippen molar-refractivity contribution < 1.29 is 4.74 Å². The maximum absolute atomic E-state index is 13.0. The zero-order valence-corrected chi connectivity index (χ0v) is 20.1. The van der Waals surface area contributed by atoms with Crippen molar-refractivity contribution >= 4 is 17.3 Å². The number of halogens is 1. The first kappa shape index (κ1) is 23.4. The molecular formula is C25H32ClN5O2. The van der Waals surface area contributed by atoms with Crippen LogP contribution >= 0.6 is 11.6 Å². The van der Waals surface area contributed by atoms with Gasteiger partial charge in [-0.3, -0.25) is 4.90 Å². The zero-order chi connectivity index (χ0) is 23.2. The first-order valence-electron chi connectivity index (χ1n) is 11.7. The Morgan fingerprint density at radius 2 is 1.79 bits per heavy atom. The molecule has 7 nitrogen and oxygen atoms in total. The van der Waals surface area contributed by atoms with Gasteiger partial charge in [0.2, 0.25) is 0 Å². The largest absolute Gasteiger partial charge is 0.470 e. The minimum Gasteiger partial charge on any atom is -0.470 e. The van der Waals surface area contributed by atoms with Gasteiger partial charge >= 0.3 is 5.69 Å². The van der Waals surface area contributed by atoms with Gasteiger partial charge in [0.05, 0.1) is 0 Å². The van der Waals surface area contributed by atoms with Gasteiger partial charge in [0.25, 0.3) is 0 Å². The molecule has 2 heterocycles. The van der Waals surface area contributed by atoms with E-state index in [1.165, 1.54) is 5.69 Å². The van der Waals surface area contributed by atoms with Gasteiger partial charge in [0, 0.05) is 56.4 Å². The molecule has 1 saturated heterocycles. The number of para-hydroxylation sites is 1. The summed E-state index contributed by atoms with van der Waals surface area (Å²) < 4.78 is 9.23. The highest BCUT2D eigenvalue weighted by Crippen LogP contribution is 2.21. The summed E-state index contributed by atoms with van der Waals surface area (Å²) in [5, 5.41) is 5.35. The van der Waals surface area contributed by atoms with Gasteiger partial charge in [-0.1, -0.05) is 42.8 Å². The lowest BCUT2D eigenvalue weighted by molar-refractivity contribution is 0.144. The molecular weight excluding hydrogens is 438 g/mol. The summed E-state index contributed by atoms with van der Waals surface area (Å²) in [7, 11) is 0. The number of ether oxygens (including phenoxy) is 1. The molecule has 1 aliphatic heterocycles. The molecule has 2 aromatic carbocycles. The predicted octanol–water partition coefficient (Wildman–Crippen LogP) is 4.07. The van der Waals surface area contributed by atoms with Crippen LogP contribution in [0, 0.1) is 0 Å². The highest BCUT2D eigenvalue weighted by atomic mass is 35.5. The lowest BCUT2D eigenvalue weighted by atomic mass is 10.2. The fraction of sp³-hybridized carbons (Fsp3) is 0.440. The molecule has 4 rings (SSSR count). The van der Waals surface area contributed by atoms with Crippen molar-refractivity contribution in [2.24, 2.45) is 0 Å². The van der Waals surface area contributed by atoms with Gasteiger partial charge in [-0.25, -0.2) is 14.0 Å². The van der Waals surface area contributed by atoms with E-state index in [4.69, 9.17) is 16.3 Å². The fourth-order valence-electron chi connectivity index (χ4n) is 4.31.